The Bertz CT molecular complexity index is 640. The zero-order valence-electron chi connectivity index (χ0n) is 10.2. The van der Waals surface area contributed by atoms with Crippen LogP contribution >= 0.6 is 27.5 Å². The summed E-state index contributed by atoms with van der Waals surface area (Å²) in [5.41, 5.74) is 1.98. The van der Waals surface area contributed by atoms with Crippen LogP contribution in [-0.2, 0) is 17.2 Å². The van der Waals surface area contributed by atoms with Crippen LogP contribution in [0.2, 0.25) is 0 Å². The van der Waals surface area contributed by atoms with Crippen molar-refractivity contribution < 1.29 is 4.79 Å². The first-order valence-electron chi connectivity index (χ1n) is 6.17. The van der Waals surface area contributed by atoms with Gasteiger partial charge in [-0.1, -0.05) is 15.9 Å². The van der Waals surface area contributed by atoms with Crippen molar-refractivity contribution in [2.45, 2.75) is 31.3 Å². The molecule has 2 aromatic rings. The molecular weight excluding hydrogens is 330 g/mol. The van der Waals surface area contributed by atoms with Gasteiger partial charge in [0, 0.05) is 23.5 Å². The van der Waals surface area contributed by atoms with E-state index in [0.29, 0.717) is 12.3 Å². The predicted molar refractivity (Wildman–Crippen MR) is 78.2 cm³/mol. The van der Waals surface area contributed by atoms with E-state index in [1.807, 2.05) is 18.2 Å². The molecule has 19 heavy (non-hydrogen) atoms. The van der Waals surface area contributed by atoms with Gasteiger partial charge in [0.05, 0.1) is 16.9 Å². The summed E-state index contributed by atoms with van der Waals surface area (Å²) in [4.78, 5) is 15.8. The molecule has 1 unspecified atom stereocenters. The van der Waals surface area contributed by atoms with Crippen LogP contribution in [0.4, 0.5) is 0 Å². The average Bonchev–Trinajstić information content (AvgIpc) is 2.94. The van der Waals surface area contributed by atoms with Gasteiger partial charge in [-0.3, -0.25) is 4.79 Å². The van der Waals surface area contributed by atoms with Crippen LogP contribution in [0.15, 0.2) is 22.7 Å². The molecule has 2 heterocycles. The van der Waals surface area contributed by atoms with Crippen molar-refractivity contribution in [1.29, 1.82) is 0 Å². The van der Waals surface area contributed by atoms with E-state index in [1.165, 1.54) is 0 Å². The van der Waals surface area contributed by atoms with Crippen LogP contribution in [0, 0.1) is 0 Å². The molecule has 0 aliphatic carbocycles. The third-order valence-electron chi connectivity index (χ3n) is 3.40. The van der Waals surface area contributed by atoms with Gasteiger partial charge in [-0.05, 0) is 24.6 Å². The first-order chi connectivity index (χ1) is 9.17. The lowest BCUT2D eigenvalue weighted by Gasteiger charge is -2.13. The monoisotopic (exact) mass is 341 g/mol. The summed E-state index contributed by atoms with van der Waals surface area (Å²) in [6.45, 7) is 0.723. The lowest BCUT2D eigenvalue weighted by Crippen LogP contribution is -2.30. The van der Waals surface area contributed by atoms with Crippen molar-refractivity contribution in [3.63, 3.8) is 0 Å². The highest BCUT2D eigenvalue weighted by molar-refractivity contribution is 9.10. The molecule has 1 aliphatic rings. The summed E-state index contributed by atoms with van der Waals surface area (Å²) in [5, 5.41) is 2.98. The molecule has 0 radical (unpaired) electrons. The quantitative estimate of drug-likeness (QED) is 0.872. The third kappa shape index (κ3) is 2.49. The largest absolute Gasteiger partial charge is 0.352 e. The van der Waals surface area contributed by atoms with E-state index in [-0.39, 0.29) is 11.9 Å². The van der Waals surface area contributed by atoms with Gasteiger partial charge in [-0.25, -0.2) is 4.98 Å². The molecule has 1 aliphatic heterocycles. The number of halogens is 2. The minimum absolute atomic E-state index is 0.128. The van der Waals surface area contributed by atoms with Crippen LogP contribution in [0.1, 0.15) is 18.7 Å². The molecule has 6 heteroatoms. The molecule has 0 saturated carbocycles. The van der Waals surface area contributed by atoms with Gasteiger partial charge >= 0.3 is 0 Å². The van der Waals surface area contributed by atoms with Gasteiger partial charge in [0.15, 0.2) is 0 Å². The Morgan fingerprint density at radius 3 is 3.05 bits per heavy atom. The highest BCUT2D eigenvalue weighted by atomic mass is 79.9. The lowest BCUT2D eigenvalue weighted by molar-refractivity contribution is -0.119. The summed E-state index contributed by atoms with van der Waals surface area (Å²) in [6.07, 6.45) is 1.48. The molecule has 0 bridgehead atoms. The molecule has 1 N–H and O–H groups in total. The van der Waals surface area contributed by atoms with Crippen molar-refractivity contribution in [2.24, 2.45) is 0 Å². The topological polar surface area (TPSA) is 46.9 Å². The van der Waals surface area contributed by atoms with Crippen LogP contribution in [-0.4, -0.2) is 21.5 Å². The number of nitrogens with one attached hydrogen (secondary N) is 1. The third-order valence-corrected chi connectivity index (χ3v) is 4.13. The second kappa shape index (κ2) is 5.13. The Morgan fingerprint density at radius 2 is 2.37 bits per heavy atom. The second-order valence-corrected chi connectivity index (χ2v) is 5.89. The van der Waals surface area contributed by atoms with Gasteiger partial charge in [0.25, 0.3) is 0 Å². The zero-order valence-corrected chi connectivity index (χ0v) is 12.5. The number of carbonyl (C=O) groups is 1. The number of imidazole rings is 1. The molecule has 4 nitrogen and oxygen atoms in total. The number of benzene rings is 1. The normalized spacial score (nSPS) is 19.1. The molecule has 1 amide bonds. The Labute approximate surface area is 124 Å². The van der Waals surface area contributed by atoms with E-state index in [4.69, 9.17) is 11.6 Å². The summed E-state index contributed by atoms with van der Waals surface area (Å²) >= 11 is 9.45. The standard InChI is InChI=1S/C13H13BrClN3O/c14-8-1-3-10-11(5-8)18(12(6-15)17-10)7-9-2-4-13(19)16-9/h1,3,5,9H,2,4,6-7H2,(H,16,19). The maximum absolute atomic E-state index is 11.3. The molecule has 1 fully saturated rings. The SMILES string of the molecule is O=C1CCC(Cn2c(CCl)nc3ccc(Br)cc32)N1. The Kier molecular flexibility index (Phi) is 3.50. The number of hydrogen-bond acceptors (Lipinski definition) is 2. The molecule has 1 saturated heterocycles. The second-order valence-electron chi connectivity index (χ2n) is 4.71. The molecule has 1 aromatic carbocycles. The first kappa shape index (κ1) is 12.9. The van der Waals surface area contributed by atoms with Gasteiger partial charge in [-0.15, -0.1) is 11.6 Å². The van der Waals surface area contributed by atoms with Gasteiger partial charge < -0.3 is 9.88 Å². The summed E-state index contributed by atoms with van der Waals surface area (Å²) in [5.74, 6) is 1.34. The number of amides is 1. The minimum atomic E-state index is 0.128. The van der Waals surface area contributed by atoms with Gasteiger partial charge in [0.2, 0.25) is 5.91 Å². The van der Waals surface area contributed by atoms with Crippen LogP contribution < -0.4 is 5.32 Å². The molecule has 1 atom stereocenters. The van der Waals surface area contributed by atoms with E-state index < -0.39 is 0 Å². The zero-order chi connectivity index (χ0) is 13.4. The molecule has 3 rings (SSSR count). The maximum atomic E-state index is 11.3. The lowest BCUT2D eigenvalue weighted by atomic mass is 10.2. The Balaban J connectivity index is 2.00. The number of nitrogens with zero attached hydrogens (tertiary/aromatic N) is 2. The minimum Gasteiger partial charge on any atom is -0.352 e. The predicted octanol–water partition coefficient (Wildman–Crippen LogP) is 2.82. The Morgan fingerprint density at radius 1 is 1.53 bits per heavy atom. The fraction of sp³-hybridized carbons (Fsp3) is 0.385. The van der Waals surface area contributed by atoms with Crippen molar-refractivity contribution >= 4 is 44.5 Å². The van der Waals surface area contributed by atoms with Crippen molar-refractivity contribution in [1.82, 2.24) is 14.9 Å². The number of carbonyl (C=O) groups excluding carboxylic acids is 1. The van der Waals surface area contributed by atoms with Crippen molar-refractivity contribution in [2.75, 3.05) is 0 Å². The first-order valence-corrected chi connectivity index (χ1v) is 7.50. The Hall–Kier alpha value is -1.07. The molecule has 100 valence electrons. The van der Waals surface area contributed by atoms with Crippen LogP contribution in [0.25, 0.3) is 11.0 Å². The maximum Gasteiger partial charge on any atom is 0.220 e. The van der Waals surface area contributed by atoms with Crippen LogP contribution in [0.3, 0.4) is 0 Å². The van der Waals surface area contributed by atoms with Gasteiger partial charge in [0.1, 0.15) is 5.82 Å². The van der Waals surface area contributed by atoms with E-state index in [0.717, 1.165) is 34.3 Å². The smallest absolute Gasteiger partial charge is 0.220 e. The number of rotatable bonds is 3. The fourth-order valence-electron chi connectivity index (χ4n) is 2.49. The van der Waals surface area contributed by atoms with E-state index in [9.17, 15) is 4.79 Å². The summed E-state index contributed by atoms with van der Waals surface area (Å²) in [6, 6.07) is 6.15. The molecule has 0 spiro atoms. The molecule has 1 aromatic heterocycles. The fourth-order valence-corrected chi connectivity index (χ4v) is 3.04. The number of alkyl halides is 1. The number of fused-ring (bicyclic) bond motifs is 1. The van der Waals surface area contributed by atoms with E-state index in [1.54, 1.807) is 0 Å². The van der Waals surface area contributed by atoms with Crippen molar-refractivity contribution in [3.05, 3.63) is 28.5 Å². The average molecular weight is 343 g/mol. The van der Waals surface area contributed by atoms with E-state index in [2.05, 4.69) is 30.8 Å². The molecular formula is C13H13BrClN3O. The summed E-state index contributed by atoms with van der Waals surface area (Å²) in [7, 11) is 0. The van der Waals surface area contributed by atoms with Crippen LogP contribution in [0.5, 0.6) is 0 Å². The van der Waals surface area contributed by atoms with Crippen molar-refractivity contribution in [3.8, 4) is 0 Å². The highest BCUT2D eigenvalue weighted by Crippen LogP contribution is 2.23. The highest BCUT2D eigenvalue weighted by Gasteiger charge is 2.22. The van der Waals surface area contributed by atoms with Gasteiger partial charge in [-0.2, -0.15) is 0 Å². The number of aromatic nitrogens is 2. The van der Waals surface area contributed by atoms with E-state index >= 15 is 0 Å². The number of hydrogen-bond donors (Lipinski definition) is 1. The summed E-state index contributed by atoms with van der Waals surface area (Å²) < 4.78 is 3.11.